The molecule has 142 valence electrons. The topological polar surface area (TPSA) is 70.4 Å². The van der Waals surface area contributed by atoms with E-state index in [-0.39, 0.29) is 6.17 Å². The van der Waals surface area contributed by atoms with E-state index in [1.54, 1.807) is 0 Å². The number of hydrogen-bond acceptors (Lipinski definition) is 3. The number of rotatable bonds is 4. The first-order valence-electron chi connectivity index (χ1n) is 9.04. The first kappa shape index (κ1) is 18.2. The highest BCUT2D eigenvalue weighted by Gasteiger charge is 2.28. The van der Waals surface area contributed by atoms with Crippen molar-refractivity contribution < 1.29 is 4.79 Å². The Bertz CT molecular complexity index is 1010. The van der Waals surface area contributed by atoms with Crippen molar-refractivity contribution in [1.82, 2.24) is 10.2 Å². The number of primary amides is 1. The first-order chi connectivity index (χ1) is 13.5. The van der Waals surface area contributed by atoms with Gasteiger partial charge in [0.05, 0.1) is 0 Å². The molecule has 0 radical (unpaired) electrons. The molecule has 0 aromatic heterocycles. The van der Waals surface area contributed by atoms with Crippen LogP contribution in [0.5, 0.6) is 0 Å². The summed E-state index contributed by atoms with van der Waals surface area (Å²) in [7, 11) is 0. The molecule has 0 spiro atoms. The standard InChI is InChI=1S/C22H21ClN4O/c1-14-12-27-13-16(9-15-5-7-19(8-6-15)26-22(24)28)10-20(21(27)25-14)17-3-2-4-18(23)11-17/h2-8,10-13,21,25H,9H2,1H3,(H3,24,26,28). The summed E-state index contributed by atoms with van der Waals surface area (Å²) in [5.41, 5.74) is 11.6. The molecule has 0 fully saturated rings. The van der Waals surface area contributed by atoms with E-state index in [1.165, 1.54) is 11.1 Å². The molecular weight excluding hydrogens is 372 g/mol. The number of allylic oxidation sites excluding steroid dienone is 3. The van der Waals surface area contributed by atoms with Crippen LogP contribution in [-0.4, -0.2) is 17.1 Å². The van der Waals surface area contributed by atoms with Crippen molar-refractivity contribution in [3.05, 3.63) is 94.4 Å². The van der Waals surface area contributed by atoms with E-state index >= 15 is 0 Å². The molecule has 2 heterocycles. The van der Waals surface area contributed by atoms with E-state index in [1.807, 2.05) is 42.5 Å². The molecule has 6 heteroatoms. The van der Waals surface area contributed by atoms with Gasteiger partial charge >= 0.3 is 6.03 Å². The maximum atomic E-state index is 11.0. The van der Waals surface area contributed by atoms with Gasteiger partial charge in [-0.1, -0.05) is 35.9 Å². The molecule has 0 bridgehead atoms. The zero-order chi connectivity index (χ0) is 19.7. The van der Waals surface area contributed by atoms with Gasteiger partial charge in [0.1, 0.15) is 6.17 Å². The van der Waals surface area contributed by atoms with Gasteiger partial charge in [0.2, 0.25) is 0 Å². The fourth-order valence-corrected chi connectivity index (χ4v) is 3.76. The van der Waals surface area contributed by atoms with Crippen molar-refractivity contribution in [2.75, 3.05) is 5.32 Å². The fraction of sp³-hybridized carbons (Fsp3) is 0.136. The molecule has 0 saturated heterocycles. The van der Waals surface area contributed by atoms with E-state index in [0.29, 0.717) is 5.69 Å². The Hall–Kier alpha value is -3.18. The third-order valence-corrected chi connectivity index (χ3v) is 4.98. The van der Waals surface area contributed by atoms with Gasteiger partial charge in [-0.25, -0.2) is 4.79 Å². The number of amides is 2. The van der Waals surface area contributed by atoms with Gasteiger partial charge in [0.25, 0.3) is 0 Å². The Kier molecular flexibility index (Phi) is 4.84. The Labute approximate surface area is 169 Å². The number of halogens is 1. The Balaban J connectivity index is 1.62. The third-order valence-electron chi connectivity index (χ3n) is 4.74. The molecule has 5 nitrogen and oxygen atoms in total. The molecule has 0 saturated carbocycles. The maximum absolute atomic E-state index is 11.0. The largest absolute Gasteiger partial charge is 0.364 e. The molecule has 2 aliphatic rings. The van der Waals surface area contributed by atoms with Gasteiger partial charge in [0, 0.05) is 34.4 Å². The number of anilines is 1. The lowest BCUT2D eigenvalue weighted by Gasteiger charge is -2.30. The van der Waals surface area contributed by atoms with Crippen molar-refractivity contribution in [3.8, 4) is 0 Å². The fourth-order valence-electron chi connectivity index (χ4n) is 3.57. The van der Waals surface area contributed by atoms with Crippen LogP contribution in [0.25, 0.3) is 5.57 Å². The molecule has 2 aromatic rings. The highest BCUT2D eigenvalue weighted by molar-refractivity contribution is 6.30. The summed E-state index contributed by atoms with van der Waals surface area (Å²) in [6.07, 6.45) is 7.35. The number of hydrogen-bond donors (Lipinski definition) is 3. The number of carbonyl (C=O) groups excluding carboxylic acids is 1. The average Bonchev–Trinajstić information content (AvgIpc) is 3.02. The van der Waals surface area contributed by atoms with Crippen molar-refractivity contribution in [2.24, 2.45) is 5.73 Å². The van der Waals surface area contributed by atoms with Gasteiger partial charge < -0.3 is 21.3 Å². The predicted molar refractivity (Wildman–Crippen MR) is 113 cm³/mol. The van der Waals surface area contributed by atoms with E-state index in [4.69, 9.17) is 17.3 Å². The number of benzene rings is 2. The molecule has 1 atom stereocenters. The highest BCUT2D eigenvalue weighted by Crippen LogP contribution is 2.33. The van der Waals surface area contributed by atoms with Gasteiger partial charge in [-0.15, -0.1) is 0 Å². The lowest BCUT2D eigenvalue weighted by atomic mass is 9.94. The second-order valence-electron chi connectivity index (χ2n) is 6.98. The zero-order valence-corrected chi connectivity index (χ0v) is 16.2. The van der Waals surface area contributed by atoms with E-state index < -0.39 is 6.03 Å². The zero-order valence-electron chi connectivity index (χ0n) is 15.4. The number of nitrogens with zero attached hydrogens (tertiary/aromatic N) is 1. The molecule has 1 unspecified atom stereocenters. The number of nitrogens with one attached hydrogen (secondary N) is 2. The summed E-state index contributed by atoms with van der Waals surface area (Å²) >= 11 is 6.22. The van der Waals surface area contributed by atoms with Crippen LogP contribution in [-0.2, 0) is 6.42 Å². The van der Waals surface area contributed by atoms with Crippen molar-refractivity contribution in [1.29, 1.82) is 0 Å². The predicted octanol–water partition coefficient (Wildman–Crippen LogP) is 4.45. The van der Waals surface area contributed by atoms with Gasteiger partial charge in [-0.05, 0) is 60.4 Å². The van der Waals surface area contributed by atoms with Crippen LogP contribution in [0.2, 0.25) is 5.02 Å². The smallest absolute Gasteiger partial charge is 0.316 e. The minimum absolute atomic E-state index is 0.0735. The van der Waals surface area contributed by atoms with Gasteiger partial charge in [0.15, 0.2) is 0 Å². The average molecular weight is 393 g/mol. The SMILES string of the molecule is CC1=CN2C=C(Cc3ccc(NC(N)=O)cc3)C=C(c3cccc(Cl)c3)C2N1. The van der Waals surface area contributed by atoms with E-state index in [9.17, 15) is 4.79 Å². The van der Waals surface area contributed by atoms with Crippen LogP contribution in [0.4, 0.5) is 10.5 Å². The van der Waals surface area contributed by atoms with Crippen molar-refractivity contribution in [3.63, 3.8) is 0 Å². The maximum Gasteiger partial charge on any atom is 0.316 e. The first-order valence-corrected chi connectivity index (χ1v) is 9.42. The third kappa shape index (κ3) is 3.89. The van der Waals surface area contributed by atoms with E-state index in [2.05, 4.69) is 47.0 Å². The van der Waals surface area contributed by atoms with Crippen LogP contribution < -0.4 is 16.4 Å². The van der Waals surface area contributed by atoms with Gasteiger partial charge in [-0.3, -0.25) is 0 Å². The summed E-state index contributed by atoms with van der Waals surface area (Å²) in [6, 6.07) is 15.1. The molecule has 28 heavy (non-hydrogen) atoms. The van der Waals surface area contributed by atoms with Gasteiger partial charge in [-0.2, -0.15) is 0 Å². The second kappa shape index (κ2) is 7.44. The summed E-state index contributed by atoms with van der Waals surface area (Å²) in [5.74, 6) is 0. The minimum Gasteiger partial charge on any atom is -0.364 e. The molecular formula is C22H21ClN4O. The van der Waals surface area contributed by atoms with Crippen LogP contribution in [0.3, 0.4) is 0 Å². The van der Waals surface area contributed by atoms with E-state index in [0.717, 1.165) is 28.3 Å². The monoisotopic (exact) mass is 392 g/mol. The molecule has 2 amide bonds. The molecule has 2 aliphatic heterocycles. The van der Waals surface area contributed by atoms with Crippen molar-refractivity contribution >= 4 is 28.9 Å². The quantitative estimate of drug-likeness (QED) is 0.720. The van der Waals surface area contributed by atoms with Crippen LogP contribution in [0, 0.1) is 0 Å². The molecule has 2 aromatic carbocycles. The molecule has 4 rings (SSSR count). The summed E-state index contributed by atoms with van der Waals surface area (Å²) < 4.78 is 0. The lowest BCUT2D eigenvalue weighted by Crippen LogP contribution is -2.36. The van der Waals surface area contributed by atoms with Crippen LogP contribution in [0.15, 0.2) is 78.3 Å². The Morgan fingerprint density at radius 1 is 1.21 bits per heavy atom. The summed E-state index contributed by atoms with van der Waals surface area (Å²) in [6.45, 7) is 2.06. The van der Waals surface area contributed by atoms with Crippen LogP contribution >= 0.6 is 11.6 Å². The van der Waals surface area contributed by atoms with Crippen LogP contribution in [0.1, 0.15) is 18.1 Å². The summed E-state index contributed by atoms with van der Waals surface area (Å²) in [4.78, 5) is 13.2. The number of urea groups is 1. The Morgan fingerprint density at radius 2 is 2.00 bits per heavy atom. The molecule has 0 aliphatic carbocycles. The highest BCUT2D eigenvalue weighted by atomic mass is 35.5. The lowest BCUT2D eigenvalue weighted by molar-refractivity contribution is 0.259. The second-order valence-corrected chi connectivity index (χ2v) is 7.42. The normalized spacial score (nSPS) is 17.9. The number of fused-ring (bicyclic) bond motifs is 1. The molecule has 4 N–H and O–H groups in total. The number of nitrogens with two attached hydrogens (primary N) is 1. The van der Waals surface area contributed by atoms with Crippen molar-refractivity contribution in [2.45, 2.75) is 19.5 Å². The minimum atomic E-state index is -0.563. The Morgan fingerprint density at radius 3 is 2.71 bits per heavy atom. The summed E-state index contributed by atoms with van der Waals surface area (Å²) in [5, 5.41) is 6.82. The number of carbonyl (C=O) groups is 1.